The van der Waals surface area contributed by atoms with Crippen molar-refractivity contribution in [3.63, 3.8) is 0 Å². The minimum Gasteiger partial charge on any atom is -0.497 e. The van der Waals surface area contributed by atoms with Gasteiger partial charge in [0.05, 0.1) is 20.1 Å². The fraction of sp³-hybridized carbons (Fsp3) is 0.476. The van der Waals surface area contributed by atoms with Crippen LogP contribution in [0.5, 0.6) is 5.75 Å². The van der Waals surface area contributed by atoms with Gasteiger partial charge in [-0.05, 0) is 49.8 Å². The van der Waals surface area contributed by atoms with Crippen LogP contribution in [0.2, 0.25) is 0 Å². The Kier molecular flexibility index (Phi) is 6.68. The zero-order valence-corrected chi connectivity index (χ0v) is 16.2. The molecule has 1 aliphatic heterocycles. The Labute approximate surface area is 165 Å². The van der Waals surface area contributed by atoms with Gasteiger partial charge in [-0.2, -0.15) is 0 Å². The number of nitrogens with zero attached hydrogens (tertiary/aromatic N) is 1. The molecule has 1 fully saturated rings. The van der Waals surface area contributed by atoms with Crippen molar-refractivity contribution in [1.29, 1.82) is 0 Å². The highest BCUT2D eigenvalue weighted by molar-refractivity contribution is 6.05. The van der Waals surface area contributed by atoms with E-state index in [1.54, 1.807) is 31.4 Å². The Balaban J connectivity index is 1.46. The number of hydrogen-bond acceptors (Lipinski definition) is 4. The van der Waals surface area contributed by atoms with Crippen molar-refractivity contribution in [2.24, 2.45) is 0 Å². The molecule has 0 radical (unpaired) electrons. The summed E-state index contributed by atoms with van der Waals surface area (Å²) >= 11 is 0. The number of hydrogen-bond donors (Lipinski definition) is 2. The van der Waals surface area contributed by atoms with Crippen molar-refractivity contribution >= 4 is 17.8 Å². The number of amides is 4. The van der Waals surface area contributed by atoms with Gasteiger partial charge in [0.25, 0.3) is 5.91 Å². The van der Waals surface area contributed by atoms with Gasteiger partial charge in [-0.25, -0.2) is 4.79 Å². The second-order valence-electron chi connectivity index (χ2n) is 7.19. The first-order valence-corrected chi connectivity index (χ1v) is 9.76. The van der Waals surface area contributed by atoms with Crippen LogP contribution in [0.25, 0.3) is 0 Å². The molecular weight excluding hydrogens is 358 g/mol. The second-order valence-corrected chi connectivity index (χ2v) is 7.19. The predicted octanol–water partition coefficient (Wildman–Crippen LogP) is 2.51. The summed E-state index contributed by atoms with van der Waals surface area (Å²) < 4.78 is 5.11. The fourth-order valence-corrected chi connectivity index (χ4v) is 3.53. The van der Waals surface area contributed by atoms with Crippen LogP contribution in [0.4, 0.5) is 4.79 Å². The molecule has 1 atom stereocenters. The first kappa shape index (κ1) is 19.9. The largest absolute Gasteiger partial charge is 0.497 e. The molecule has 7 heteroatoms. The van der Waals surface area contributed by atoms with Crippen molar-refractivity contribution in [3.05, 3.63) is 41.5 Å². The number of benzene rings is 1. The Hall–Kier alpha value is -2.83. The average molecular weight is 385 g/mol. The van der Waals surface area contributed by atoms with Crippen LogP contribution >= 0.6 is 0 Å². The highest BCUT2D eigenvalue weighted by atomic mass is 16.5. The maximum atomic E-state index is 12.5. The third-order valence-corrected chi connectivity index (χ3v) is 5.15. The summed E-state index contributed by atoms with van der Waals surface area (Å²) in [7, 11) is 1.58. The minimum atomic E-state index is -0.806. The van der Waals surface area contributed by atoms with Crippen LogP contribution in [0.3, 0.4) is 0 Å². The first-order chi connectivity index (χ1) is 13.6. The molecule has 1 heterocycles. The number of nitrogens with one attached hydrogen (secondary N) is 2. The van der Waals surface area contributed by atoms with E-state index in [1.165, 1.54) is 18.4 Å². The first-order valence-electron chi connectivity index (χ1n) is 9.76. The number of imide groups is 1. The van der Waals surface area contributed by atoms with Crippen LogP contribution < -0.4 is 15.4 Å². The molecule has 0 bridgehead atoms. The maximum Gasteiger partial charge on any atom is 0.325 e. The molecule has 1 aromatic rings. The van der Waals surface area contributed by atoms with Crippen molar-refractivity contribution in [2.45, 2.75) is 51.1 Å². The van der Waals surface area contributed by atoms with Crippen LogP contribution in [0.1, 0.15) is 44.1 Å². The van der Waals surface area contributed by atoms with Crippen molar-refractivity contribution < 1.29 is 19.1 Å². The molecular formula is C21H27N3O4. The molecule has 0 saturated carbocycles. The molecule has 2 aliphatic rings. The third-order valence-electron chi connectivity index (χ3n) is 5.15. The van der Waals surface area contributed by atoms with Crippen molar-refractivity contribution in [3.8, 4) is 5.75 Å². The number of allylic oxidation sites excluding steroid dienone is 1. The molecule has 28 heavy (non-hydrogen) atoms. The van der Waals surface area contributed by atoms with E-state index in [9.17, 15) is 14.4 Å². The monoisotopic (exact) mass is 385 g/mol. The van der Waals surface area contributed by atoms with E-state index >= 15 is 0 Å². The number of methoxy groups -OCH3 is 1. The number of carbonyl (C=O) groups is 3. The fourth-order valence-electron chi connectivity index (χ4n) is 3.53. The smallest absolute Gasteiger partial charge is 0.325 e. The van der Waals surface area contributed by atoms with Gasteiger partial charge in [0.15, 0.2) is 0 Å². The Morgan fingerprint density at radius 2 is 2.04 bits per heavy atom. The molecule has 1 aliphatic carbocycles. The lowest BCUT2D eigenvalue weighted by molar-refractivity contribution is -0.131. The van der Waals surface area contributed by atoms with Gasteiger partial charge in [0.1, 0.15) is 11.8 Å². The van der Waals surface area contributed by atoms with Crippen LogP contribution in [-0.4, -0.2) is 42.4 Å². The lowest BCUT2D eigenvalue weighted by Crippen LogP contribution is -2.36. The average Bonchev–Trinajstić information content (AvgIpc) is 2.96. The van der Waals surface area contributed by atoms with Gasteiger partial charge in [0, 0.05) is 6.54 Å². The molecule has 1 unspecified atom stereocenters. The van der Waals surface area contributed by atoms with E-state index < -0.39 is 12.1 Å². The van der Waals surface area contributed by atoms with Crippen LogP contribution in [-0.2, 0) is 16.1 Å². The minimum absolute atomic E-state index is 0.0390. The van der Waals surface area contributed by atoms with Crippen LogP contribution in [0.15, 0.2) is 35.9 Å². The van der Waals surface area contributed by atoms with Gasteiger partial charge in [-0.15, -0.1) is 0 Å². The molecule has 3 rings (SSSR count). The number of urea groups is 1. The van der Waals surface area contributed by atoms with Crippen LogP contribution in [0, 0.1) is 0 Å². The van der Waals surface area contributed by atoms with E-state index in [0.717, 1.165) is 29.7 Å². The van der Waals surface area contributed by atoms with Gasteiger partial charge in [0.2, 0.25) is 5.91 Å². The molecule has 7 nitrogen and oxygen atoms in total. The molecule has 0 aromatic heterocycles. The molecule has 4 amide bonds. The topological polar surface area (TPSA) is 87.7 Å². The lowest BCUT2D eigenvalue weighted by atomic mass is 9.97. The van der Waals surface area contributed by atoms with E-state index in [2.05, 4.69) is 16.7 Å². The van der Waals surface area contributed by atoms with E-state index in [0.29, 0.717) is 12.3 Å². The maximum absolute atomic E-state index is 12.5. The normalized spacial score (nSPS) is 19.2. The highest BCUT2D eigenvalue weighted by Crippen LogP contribution is 2.20. The quantitative estimate of drug-likeness (QED) is 0.532. The Bertz CT molecular complexity index is 757. The number of ether oxygens (including phenoxy) is 1. The van der Waals surface area contributed by atoms with E-state index in [1.807, 2.05) is 0 Å². The second kappa shape index (κ2) is 9.39. The Morgan fingerprint density at radius 3 is 2.71 bits per heavy atom. The zero-order valence-electron chi connectivity index (χ0n) is 16.2. The van der Waals surface area contributed by atoms with Gasteiger partial charge < -0.3 is 15.4 Å². The van der Waals surface area contributed by atoms with Gasteiger partial charge in [-0.3, -0.25) is 14.5 Å². The molecule has 1 saturated heterocycles. The SMILES string of the molecule is COc1ccc(CN2C(=O)NC(CC(=O)NCCC3=CCCCC3)C2=O)cc1. The summed E-state index contributed by atoms with van der Waals surface area (Å²) in [6, 6.07) is 5.89. The summed E-state index contributed by atoms with van der Waals surface area (Å²) in [6.45, 7) is 0.732. The van der Waals surface area contributed by atoms with E-state index in [4.69, 9.17) is 4.74 Å². The predicted molar refractivity (Wildman–Crippen MR) is 105 cm³/mol. The van der Waals surface area contributed by atoms with Gasteiger partial charge >= 0.3 is 6.03 Å². The lowest BCUT2D eigenvalue weighted by Gasteiger charge is -2.14. The van der Waals surface area contributed by atoms with Crippen molar-refractivity contribution in [2.75, 3.05) is 13.7 Å². The Morgan fingerprint density at radius 1 is 1.25 bits per heavy atom. The summed E-state index contributed by atoms with van der Waals surface area (Å²) in [5.74, 6) is 0.117. The molecule has 1 aromatic carbocycles. The molecule has 0 spiro atoms. The highest BCUT2D eigenvalue weighted by Gasteiger charge is 2.38. The van der Waals surface area contributed by atoms with Gasteiger partial charge in [-0.1, -0.05) is 23.8 Å². The molecule has 150 valence electrons. The number of rotatable bonds is 8. The summed E-state index contributed by atoms with van der Waals surface area (Å²) in [5, 5.41) is 5.46. The third kappa shape index (κ3) is 5.12. The number of carbonyl (C=O) groups excluding carboxylic acids is 3. The zero-order chi connectivity index (χ0) is 19.9. The summed E-state index contributed by atoms with van der Waals surface area (Å²) in [5.41, 5.74) is 2.21. The summed E-state index contributed by atoms with van der Waals surface area (Å²) in [4.78, 5) is 38.0. The molecule has 2 N–H and O–H groups in total. The van der Waals surface area contributed by atoms with Crippen molar-refractivity contribution in [1.82, 2.24) is 15.5 Å². The standard InChI is InChI=1S/C21H27N3O4/c1-28-17-9-7-16(8-10-17)14-24-20(26)18(23-21(24)27)13-19(25)22-12-11-15-5-3-2-4-6-15/h5,7-10,18H,2-4,6,11-14H2,1H3,(H,22,25)(H,23,27). The van der Waals surface area contributed by atoms with E-state index in [-0.39, 0.29) is 24.8 Å². The summed E-state index contributed by atoms with van der Waals surface area (Å²) in [6.07, 6.45) is 7.75.